The summed E-state index contributed by atoms with van der Waals surface area (Å²) < 4.78 is 0. The smallest absolute Gasteiger partial charge is 0.111 e. The maximum atomic E-state index is 8.97. The van der Waals surface area contributed by atoms with Gasteiger partial charge in [0.15, 0.2) is 0 Å². The lowest BCUT2D eigenvalue weighted by Gasteiger charge is -2.39. The summed E-state index contributed by atoms with van der Waals surface area (Å²) in [6, 6.07) is 0. The van der Waals surface area contributed by atoms with Crippen LogP contribution in [0.25, 0.3) is 0 Å². The largest absolute Gasteiger partial charge is 0.387 e. The summed E-state index contributed by atoms with van der Waals surface area (Å²) in [7, 11) is 0. The first-order chi connectivity index (χ1) is 5.46. The second-order valence-electron chi connectivity index (χ2n) is 2.94. The molecule has 0 unspecified atom stereocenters. The van der Waals surface area contributed by atoms with Crippen molar-refractivity contribution in [2.24, 2.45) is 0 Å². The van der Waals surface area contributed by atoms with E-state index in [1.165, 1.54) is 0 Å². The minimum atomic E-state index is -1.64. The van der Waals surface area contributed by atoms with E-state index in [1.54, 1.807) is 0 Å². The first-order valence-corrected chi connectivity index (χ1v) is 3.55. The molecule has 72 valence electrons. The molecule has 0 spiro atoms. The van der Waals surface area contributed by atoms with Gasteiger partial charge in [0, 0.05) is 0 Å². The molecule has 0 radical (unpaired) electrons. The molecule has 1 aliphatic rings. The van der Waals surface area contributed by atoms with Gasteiger partial charge in [-0.2, -0.15) is 0 Å². The van der Waals surface area contributed by atoms with Gasteiger partial charge >= 0.3 is 0 Å². The number of hydrogen-bond acceptors (Lipinski definition) is 6. The molecule has 12 heavy (non-hydrogen) atoms. The van der Waals surface area contributed by atoms with Crippen LogP contribution in [0.15, 0.2) is 0 Å². The van der Waals surface area contributed by atoms with Gasteiger partial charge in [0.25, 0.3) is 0 Å². The molecule has 0 saturated heterocycles. The van der Waals surface area contributed by atoms with E-state index < -0.39 is 36.6 Å². The standard InChI is InChI=1S/C6H12O6/c7-1-2(8)4(10)6(12)5(11)3(1)9/h1-12H/t1-,2-,3-,4?,5?,6?/m1/s1. The third kappa shape index (κ3) is 1.33. The van der Waals surface area contributed by atoms with E-state index in [-0.39, 0.29) is 0 Å². The predicted molar refractivity (Wildman–Crippen MR) is 36.0 cm³/mol. The van der Waals surface area contributed by atoms with Crippen LogP contribution in [0.2, 0.25) is 0 Å². The predicted octanol–water partition coefficient (Wildman–Crippen LogP) is -3.83. The summed E-state index contributed by atoms with van der Waals surface area (Å²) in [5.74, 6) is 0. The second-order valence-corrected chi connectivity index (χ2v) is 2.94. The van der Waals surface area contributed by atoms with Crippen molar-refractivity contribution in [3.63, 3.8) is 0 Å². The van der Waals surface area contributed by atoms with Crippen molar-refractivity contribution >= 4 is 0 Å². The van der Waals surface area contributed by atoms with Gasteiger partial charge in [-0.3, -0.25) is 0 Å². The molecule has 0 bridgehead atoms. The number of aliphatic hydroxyl groups is 6. The van der Waals surface area contributed by atoms with E-state index in [4.69, 9.17) is 30.6 Å². The van der Waals surface area contributed by atoms with Gasteiger partial charge in [-0.05, 0) is 0 Å². The van der Waals surface area contributed by atoms with Crippen LogP contribution in [0.1, 0.15) is 0 Å². The molecule has 1 aliphatic carbocycles. The van der Waals surface area contributed by atoms with Crippen molar-refractivity contribution in [1.29, 1.82) is 0 Å². The Labute approximate surface area is 68.3 Å². The topological polar surface area (TPSA) is 121 Å². The molecule has 0 aromatic carbocycles. The normalized spacial score (nSPS) is 55.5. The Hall–Kier alpha value is -0.240. The molecular formula is C6H12O6. The van der Waals surface area contributed by atoms with Gasteiger partial charge in [0.05, 0.1) is 0 Å². The van der Waals surface area contributed by atoms with E-state index in [0.717, 1.165) is 0 Å². The molecule has 0 heterocycles. The molecule has 0 aromatic heterocycles. The van der Waals surface area contributed by atoms with Crippen molar-refractivity contribution < 1.29 is 30.6 Å². The Kier molecular flexibility index (Phi) is 2.67. The van der Waals surface area contributed by atoms with E-state index in [0.29, 0.717) is 0 Å². The lowest BCUT2D eigenvalue weighted by Crippen LogP contribution is -2.63. The van der Waals surface area contributed by atoms with E-state index in [1.807, 2.05) is 0 Å². The highest BCUT2D eigenvalue weighted by Gasteiger charge is 2.47. The molecule has 6 N–H and O–H groups in total. The van der Waals surface area contributed by atoms with Crippen molar-refractivity contribution in [2.75, 3.05) is 0 Å². The summed E-state index contributed by atoms with van der Waals surface area (Å²) in [6.07, 6.45) is -9.84. The fraction of sp³-hybridized carbons (Fsp3) is 1.00. The Balaban J connectivity index is 2.76. The molecule has 6 nitrogen and oxygen atoms in total. The Morgan fingerprint density at radius 3 is 0.500 bits per heavy atom. The van der Waals surface area contributed by atoms with Gasteiger partial charge in [0.2, 0.25) is 0 Å². The summed E-state index contributed by atoms with van der Waals surface area (Å²) in [4.78, 5) is 0. The van der Waals surface area contributed by atoms with Gasteiger partial charge in [-0.1, -0.05) is 0 Å². The number of hydrogen-bond donors (Lipinski definition) is 6. The highest BCUT2D eigenvalue weighted by molar-refractivity contribution is 4.98. The summed E-state index contributed by atoms with van der Waals surface area (Å²) in [5.41, 5.74) is 0. The lowest BCUT2D eigenvalue weighted by molar-refractivity contribution is -0.223. The zero-order chi connectivity index (χ0) is 9.46. The lowest BCUT2D eigenvalue weighted by atomic mass is 9.85. The van der Waals surface area contributed by atoms with Crippen molar-refractivity contribution in [1.82, 2.24) is 0 Å². The maximum absolute atomic E-state index is 8.97. The van der Waals surface area contributed by atoms with Crippen LogP contribution < -0.4 is 0 Å². The Morgan fingerprint density at radius 1 is 0.333 bits per heavy atom. The van der Waals surface area contributed by atoms with Crippen LogP contribution >= 0.6 is 0 Å². The average Bonchev–Trinajstić information content (AvgIpc) is 2.08. The third-order valence-electron chi connectivity index (χ3n) is 2.10. The van der Waals surface area contributed by atoms with Crippen LogP contribution in [0, 0.1) is 0 Å². The Bertz CT molecular complexity index is 104. The summed E-state index contributed by atoms with van der Waals surface area (Å²) in [6.45, 7) is 0. The molecular weight excluding hydrogens is 168 g/mol. The molecule has 1 saturated carbocycles. The fourth-order valence-electron chi connectivity index (χ4n) is 1.21. The first kappa shape index (κ1) is 9.85. The van der Waals surface area contributed by atoms with Gasteiger partial charge in [-0.15, -0.1) is 0 Å². The van der Waals surface area contributed by atoms with Crippen LogP contribution in [0.3, 0.4) is 0 Å². The highest BCUT2D eigenvalue weighted by atomic mass is 16.4. The molecule has 6 heteroatoms. The zero-order valence-electron chi connectivity index (χ0n) is 6.15. The van der Waals surface area contributed by atoms with Gasteiger partial charge in [0.1, 0.15) is 36.6 Å². The summed E-state index contributed by atoms with van der Waals surface area (Å²) in [5, 5.41) is 53.8. The molecule has 0 atom stereocenters. The number of aliphatic hydroxyl groups excluding tert-OH is 6. The van der Waals surface area contributed by atoms with Crippen LogP contribution in [-0.2, 0) is 0 Å². The van der Waals surface area contributed by atoms with E-state index in [9.17, 15) is 0 Å². The molecule has 0 amide bonds. The highest BCUT2D eigenvalue weighted by Crippen LogP contribution is 2.20. The van der Waals surface area contributed by atoms with Crippen molar-refractivity contribution in [3.05, 3.63) is 0 Å². The molecule has 0 aromatic rings. The minimum Gasteiger partial charge on any atom is -0.387 e. The summed E-state index contributed by atoms with van der Waals surface area (Å²) >= 11 is 0. The third-order valence-corrected chi connectivity index (χ3v) is 2.10. The van der Waals surface area contributed by atoms with Gasteiger partial charge < -0.3 is 30.6 Å². The number of rotatable bonds is 0. The van der Waals surface area contributed by atoms with Crippen molar-refractivity contribution in [3.8, 4) is 0 Å². The van der Waals surface area contributed by atoms with Crippen LogP contribution in [0.4, 0.5) is 0 Å². The quantitative estimate of drug-likeness (QED) is 0.227. The fourth-order valence-corrected chi connectivity index (χ4v) is 1.21. The van der Waals surface area contributed by atoms with Gasteiger partial charge in [-0.25, -0.2) is 0 Å². The molecule has 1 fully saturated rings. The van der Waals surface area contributed by atoms with Crippen molar-refractivity contribution in [2.45, 2.75) is 36.6 Å². The zero-order valence-corrected chi connectivity index (χ0v) is 6.15. The van der Waals surface area contributed by atoms with E-state index >= 15 is 0 Å². The molecule has 0 aliphatic heterocycles. The van der Waals surface area contributed by atoms with Crippen LogP contribution in [0.5, 0.6) is 0 Å². The van der Waals surface area contributed by atoms with E-state index in [2.05, 4.69) is 0 Å². The SMILES string of the molecule is OC1C(O)[C@H](O)[C@H](O)[C@@H](O)C1O. The minimum absolute atomic E-state index is 1.64. The van der Waals surface area contributed by atoms with Crippen LogP contribution in [-0.4, -0.2) is 67.3 Å². The monoisotopic (exact) mass is 180 g/mol. The molecule has 1 rings (SSSR count). The first-order valence-electron chi connectivity index (χ1n) is 3.55. The second kappa shape index (κ2) is 3.25. The Morgan fingerprint density at radius 2 is 0.417 bits per heavy atom. The average molecular weight is 180 g/mol. The maximum Gasteiger partial charge on any atom is 0.111 e.